The van der Waals surface area contributed by atoms with Gasteiger partial charge in [-0.1, -0.05) is 0 Å². The molecule has 0 saturated carbocycles. The van der Waals surface area contributed by atoms with Crippen LogP contribution in [0, 0.1) is 0 Å². The lowest BCUT2D eigenvalue weighted by molar-refractivity contribution is 0.0596. The molecule has 2 N–H and O–H groups in total. The topological polar surface area (TPSA) is 70.1 Å². The van der Waals surface area contributed by atoms with E-state index >= 15 is 0 Å². The molecule has 1 atom stereocenters. The van der Waals surface area contributed by atoms with Gasteiger partial charge in [-0.3, -0.25) is 4.68 Å². The van der Waals surface area contributed by atoms with Gasteiger partial charge in [0.25, 0.3) is 0 Å². The van der Waals surface area contributed by atoms with Crippen LogP contribution in [0.5, 0.6) is 0 Å². The molecule has 1 aromatic heterocycles. The minimum atomic E-state index is -1.29. The summed E-state index contributed by atoms with van der Waals surface area (Å²) >= 11 is 0. The van der Waals surface area contributed by atoms with Crippen LogP contribution < -0.4 is 5.73 Å². The van der Waals surface area contributed by atoms with E-state index in [0.29, 0.717) is 0 Å². The van der Waals surface area contributed by atoms with Crippen molar-refractivity contribution >= 4 is 5.97 Å². The molecular formula is C9H14FN3O2. The number of carbonyl (C=O) groups excluding carboxylic acids is 1. The first-order valence-corrected chi connectivity index (χ1v) is 4.56. The van der Waals surface area contributed by atoms with Crippen molar-refractivity contribution in [2.45, 2.75) is 12.6 Å². The Labute approximate surface area is 87.0 Å². The van der Waals surface area contributed by atoms with Crippen LogP contribution in [0.25, 0.3) is 0 Å². The molecule has 6 heteroatoms. The van der Waals surface area contributed by atoms with Crippen LogP contribution in [0.15, 0.2) is 6.20 Å². The minimum Gasteiger partial charge on any atom is -0.465 e. The standard InChI is InChI=1S/C9H14FN3O2/c1-13-8(7(10)3-4-11)6(5-12-13)9(14)15-2/h5,7H,3-4,11H2,1-2H3. The van der Waals surface area contributed by atoms with E-state index in [0.717, 1.165) is 0 Å². The van der Waals surface area contributed by atoms with Gasteiger partial charge >= 0.3 is 5.97 Å². The largest absolute Gasteiger partial charge is 0.465 e. The SMILES string of the molecule is COC(=O)c1cnn(C)c1C(F)CCN. The Morgan fingerprint density at radius 2 is 2.47 bits per heavy atom. The van der Waals surface area contributed by atoms with Crippen molar-refractivity contribution in [2.24, 2.45) is 12.8 Å². The van der Waals surface area contributed by atoms with Crippen molar-refractivity contribution in [3.63, 3.8) is 0 Å². The van der Waals surface area contributed by atoms with Gasteiger partial charge in [0.15, 0.2) is 0 Å². The third-order valence-electron chi connectivity index (χ3n) is 2.11. The number of ether oxygens (including phenoxy) is 1. The summed E-state index contributed by atoms with van der Waals surface area (Å²) in [6.45, 7) is 0.215. The van der Waals surface area contributed by atoms with E-state index in [2.05, 4.69) is 9.84 Å². The molecule has 0 aliphatic rings. The number of nitrogens with zero attached hydrogens (tertiary/aromatic N) is 2. The number of alkyl halides is 1. The molecule has 1 aromatic rings. The summed E-state index contributed by atoms with van der Waals surface area (Å²) < 4.78 is 19.5. The Hall–Kier alpha value is -1.43. The molecule has 0 radical (unpaired) electrons. The molecular weight excluding hydrogens is 201 g/mol. The molecule has 0 fully saturated rings. The Balaban J connectivity index is 3.03. The second kappa shape index (κ2) is 4.88. The Kier molecular flexibility index (Phi) is 3.79. The summed E-state index contributed by atoms with van der Waals surface area (Å²) in [5, 5.41) is 3.82. The molecule has 0 aromatic carbocycles. The fourth-order valence-corrected chi connectivity index (χ4v) is 1.37. The summed E-state index contributed by atoms with van der Waals surface area (Å²) in [6, 6.07) is 0. The molecule has 0 aliphatic heterocycles. The molecule has 1 rings (SSSR count). The molecule has 0 bridgehead atoms. The monoisotopic (exact) mass is 215 g/mol. The Morgan fingerprint density at radius 1 is 1.80 bits per heavy atom. The summed E-state index contributed by atoms with van der Waals surface area (Å²) in [7, 11) is 2.82. The van der Waals surface area contributed by atoms with Crippen LogP contribution in [0.1, 0.15) is 28.6 Å². The number of aryl methyl sites for hydroxylation is 1. The lowest BCUT2D eigenvalue weighted by Crippen LogP contribution is -2.12. The Morgan fingerprint density at radius 3 is 3.00 bits per heavy atom. The van der Waals surface area contributed by atoms with Crippen molar-refractivity contribution in [2.75, 3.05) is 13.7 Å². The van der Waals surface area contributed by atoms with Crippen LogP contribution in [0.4, 0.5) is 4.39 Å². The molecule has 0 spiro atoms. The summed E-state index contributed by atoms with van der Waals surface area (Å²) in [5.74, 6) is -0.585. The molecule has 5 nitrogen and oxygen atoms in total. The van der Waals surface area contributed by atoms with E-state index in [1.54, 1.807) is 7.05 Å². The van der Waals surface area contributed by atoms with Gasteiger partial charge in [0, 0.05) is 7.05 Å². The van der Waals surface area contributed by atoms with Crippen LogP contribution in [-0.2, 0) is 11.8 Å². The highest BCUT2D eigenvalue weighted by Crippen LogP contribution is 2.24. The maximum atomic E-state index is 13.6. The number of rotatable bonds is 4. The van der Waals surface area contributed by atoms with E-state index in [9.17, 15) is 9.18 Å². The fourth-order valence-electron chi connectivity index (χ4n) is 1.37. The molecule has 1 heterocycles. The molecule has 0 aliphatic carbocycles. The first-order chi connectivity index (χ1) is 7.11. The number of esters is 1. The number of halogens is 1. The van der Waals surface area contributed by atoms with Crippen molar-refractivity contribution in [3.8, 4) is 0 Å². The highest BCUT2D eigenvalue weighted by Gasteiger charge is 2.23. The normalized spacial score (nSPS) is 12.5. The Bertz CT molecular complexity index is 351. The van der Waals surface area contributed by atoms with Gasteiger partial charge in [0.1, 0.15) is 11.7 Å². The van der Waals surface area contributed by atoms with Gasteiger partial charge in [-0.25, -0.2) is 9.18 Å². The highest BCUT2D eigenvalue weighted by atomic mass is 19.1. The third-order valence-corrected chi connectivity index (χ3v) is 2.11. The number of nitrogens with two attached hydrogens (primary N) is 1. The maximum absolute atomic E-state index is 13.6. The van der Waals surface area contributed by atoms with Gasteiger partial charge in [-0.15, -0.1) is 0 Å². The number of hydrogen-bond donors (Lipinski definition) is 1. The van der Waals surface area contributed by atoms with Crippen LogP contribution in [0.2, 0.25) is 0 Å². The van der Waals surface area contributed by atoms with Gasteiger partial charge < -0.3 is 10.5 Å². The smallest absolute Gasteiger partial charge is 0.341 e. The van der Waals surface area contributed by atoms with Crippen molar-refractivity contribution in [1.29, 1.82) is 0 Å². The summed E-state index contributed by atoms with van der Waals surface area (Å²) in [4.78, 5) is 11.3. The highest BCUT2D eigenvalue weighted by molar-refractivity contribution is 5.90. The zero-order valence-corrected chi connectivity index (χ0v) is 8.74. The lowest BCUT2D eigenvalue weighted by atomic mass is 10.1. The predicted molar refractivity (Wildman–Crippen MR) is 52.1 cm³/mol. The quantitative estimate of drug-likeness (QED) is 0.745. The van der Waals surface area contributed by atoms with Gasteiger partial charge in [-0.2, -0.15) is 5.10 Å². The van der Waals surface area contributed by atoms with Crippen LogP contribution in [0.3, 0.4) is 0 Å². The van der Waals surface area contributed by atoms with Gasteiger partial charge in [0.05, 0.1) is 19.0 Å². The number of aromatic nitrogens is 2. The summed E-state index contributed by atoms with van der Waals surface area (Å²) in [5.41, 5.74) is 5.63. The van der Waals surface area contributed by atoms with Crippen molar-refractivity contribution in [1.82, 2.24) is 9.78 Å². The lowest BCUT2D eigenvalue weighted by Gasteiger charge is -2.09. The maximum Gasteiger partial charge on any atom is 0.341 e. The molecule has 84 valence electrons. The average Bonchev–Trinajstić information content (AvgIpc) is 2.59. The molecule has 0 saturated heterocycles. The number of methoxy groups -OCH3 is 1. The average molecular weight is 215 g/mol. The minimum absolute atomic E-state index is 0.154. The first-order valence-electron chi connectivity index (χ1n) is 4.56. The van der Waals surface area contributed by atoms with Gasteiger partial charge in [-0.05, 0) is 13.0 Å². The first kappa shape index (κ1) is 11.6. The predicted octanol–water partition coefficient (Wildman–Crippen LogP) is 0.566. The van der Waals surface area contributed by atoms with Crippen molar-refractivity contribution < 1.29 is 13.9 Å². The van der Waals surface area contributed by atoms with E-state index in [1.165, 1.54) is 18.0 Å². The number of hydrogen-bond acceptors (Lipinski definition) is 4. The van der Waals surface area contributed by atoms with Crippen LogP contribution in [-0.4, -0.2) is 29.4 Å². The second-order valence-electron chi connectivity index (χ2n) is 3.10. The van der Waals surface area contributed by atoms with E-state index in [1.807, 2.05) is 0 Å². The van der Waals surface area contributed by atoms with E-state index in [-0.39, 0.29) is 24.2 Å². The zero-order valence-electron chi connectivity index (χ0n) is 8.74. The zero-order chi connectivity index (χ0) is 11.4. The molecule has 15 heavy (non-hydrogen) atoms. The van der Waals surface area contributed by atoms with Gasteiger partial charge in [0.2, 0.25) is 0 Å². The second-order valence-corrected chi connectivity index (χ2v) is 3.10. The number of carbonyl (C=O) groups is 1. The summed E-state index contributed by atoms with van der Waals surface area (Å²) in [6.07, 6.45) is 0.157. The fraction of sp³-hybridized carbons (Fsp3) is 0.556. The van der Waals surface area contributed by atoms with E-state index < -0.39 is 12.1 Å². The van der Waals surface area contributed by atoms with Crippen LogP contribution >= 0.6 is 0 Å². The molecule has 0 amide bonds. The van der Waals surface area contributed by atoms with E-state index in [4.69, 9.17) is 5.73 Å². The third kappa shape index (κ3) is 2.33. The molecule has 1 unspecified atom stereocenters. The van der Waals surface area contributed by atoms with Crippen molar-refractivity contribution in [3.05, 3.63) is 17.5 Å².